The number of hydrogen-bond acceptors (Lipinski definition) is 4. The molecule has 0 unspecified atom stereocenters. The van der Waals surface area contributed by atoms with Gasteiger partial charge in [0.2, 0.25) is 0 Å². The number of nitrogens with zero attached hydrogens (tertiary/aromatic N) is 2. The first kappa shape index (κ1) is 11.3. The van der Waals surface area contributed by atoms with Crippen LogP contribution in [0.2, 0.25) is 0 Å². The van der Waals surface area contributed by atoms with E-state index in [1.165, 1.54) is 0 Å². The zero-order valence-electron chi connectivity index (χ0n) is 7.43. The van der Waals surface area contributed by atoms with Crippen molar-refractivity contribution in [2.45, 2.75) is 0 Å². The number of urea groups is 2. The summed E-state index contributed by atoms with van der Waals surface area (Å²) in [7, 11) is 0. The fourth-order valence-electron chi connectivity index (χ4n) is 1.25. The first-order valence-electron chi connectivity index (χ1n) is 4.07. The largest absolute Gasteiger partial charge is 0.327 e. The second-order valence-electron chi connectivity index (χ2n) is 2.81. The number of carbonyl (C=O) groups is 2. The molecule has 80 valence electrons. The quantitative estimate of drug-likeness (QED) is 0.437. The molecule has 0 radical (unpaired) electrons. The summed E-state index contributed by atoms with van der Waals surface area (Å²) in [5.41, 5.74) is 0. The second-order valence-corrected chi connectivity index (χ2v) is 3.26. The molecule has 8 heteroatoms. The lowest BCUT2D eigenvalue weighted by Crippen LogP contribution is -2.53. The van der Waals surface area contributed by atoms with Crippen LogP contribution in [0.3, 0.4) is 0 Å². The number of nitrogens with one attached hydrogen (secondary N) is 2. The molecule has 2 N–H and O–H groups in total. The summed E-state index contributed by atoms with van der Waals surface area (Å²) in [4.78, 5) is 25.4. The van der Waals surface area contributed by atoms with E-state index in [1.807, 2.05) is 0 Å². The third-order valence-electron chi connectivity index (χ3n) is 2.05. The Bertz CT molecular complexity index is 206. The SMILES string of the molecule is O=C(NS)N1CCN(C(=O)NS)CC1. The Morgan fingerprint density at radius 3 is 1.36 bits per heavy atom. The van der Waals surface area contributed by atoms with Crippen molar-refractivity contribution in [1.29, 1.82) is 0 Å². The molecule has 0 aromatic heterocycles. The normalized spacial score (nSPS) is 16.4. The van der Waals surface area contributed by atoms with Gasteiger partial charge in [0.15, 0.2) is 0 Å². The van der Waals surface area contributed by atoms with Gasteiger partial charge in [0.1, 0.15) is 0 Å². The number of amides is 4. The van der Waals surface area contributed by atoms with Crippen LogP contribution in [0.4, 0.5) is 9.59 Å². The molecule has 0 aromatic rings. The molecule has 0 bridgehead atoms. The highest BCUT2D eigenvalue weighted by Gasteiger charge is 2.22. The fraction of sp³-hybridized carbons (Fsp3) is 0.667. The van der Waals surface area contributed by atoms with Gasteiger partial charge >= 0.3 is 12.1 Å². The fourth-order valence-corrected chi connectivity index (χ4v) is 1.54. The van der Waals surface area contributed by atoms with E-state index in [0.29, 0.717) is 26.2 Å². The van der Waals surface area contributed by atoms with Crippen molar-refractivity contribution >= 4 is 37.7 Å². The standard InChI is InChI=1S/C6H12N4O2S2/c11-5(7-13)9-1-2-10(4-3-9)6(12)8-14/h13-14H,1-4H2,(H,7,11)(H,8,12). The molecule has 0 aliphatic carbocycles. The zero-order valence-corrected chi connectivity index (χ0v) is 9.22. The Balaban J connectivity index is 2.38. The third kappa shape index (κ3) is 2.61. The lowest BCUT2D eigenvalue weighted by atomic mass is 10.3. The Morgan fingerprint density at radius 2 is 1.14 bits per heavy atom. The van der Waals surface area contributed by atoms with Crippen molar-refractivity contribution in [3.05, 3.63) is 0 Å². The van der Waals surface area contributed by atoms with Gasteiger partial charge in [-0.2, -0.15) is 0 Å². The number of hydrogen-bond donors (Lipinski definition) is 4. The van der Waals surface area contributed by atoms with Crippen LogP contribution >= 0.6 is 25.6 Å². The van der Waals surface area contributed by atoms with Gasteiger partial charge in [-0.05, 0) is 0 Å². The second kappa shape index (κ2) is 5.20. The highest BCUT2D eigenvalue weighted by molar-refractivity contribution is 7.78. The van der Waals surface area contributed by atoms with Crippen molar-refractivity contribution in [2.24, 2.45) is 0 Å². The molecule has 1 aliphatic rings. The van der Waals surface area contributed by atoms with Gasteiger partial charge in [0.25, 0.3) is 0 Å². The molecule has 1 saturated heterocycles. The predicted octanol–water partition coefficient (Wildman–Crippen LogP) is -0.287. The number of piperazine rings is 1. The minimum Gasteiger partial charge on any atom is -0.321 e. The van der Waals surface area contributed by atoms with Crippen LogP contribution in [-0.2, 0) is 0 Å². The average Bonchev–Trinajstić information content (AvgIpc) is 2.27. The highest BCUT2D eigenvalue weighted by Crippen LogP contribution is 2.02. The average molecular weight is 236 g/mol. The van der Waals surface area contributed by atoms with E-state index in [1.54, 1.807) is 9.80 Å². The van der Waals surface area contributed by atoms with Crippen LogP contribution in [0.1, 0.15) is 0 Å². The van der Waals surface area contributed by atoms with E-state index < -0.39 is 0 Å². The van der Waals surface area contributed by atoms with Gasteiger partial charge < -0.3 is 9.80 Å². The maximum atomic E-state index is 11.1. The Kier molecular flexibility index (Phi) is 4.21. The number of rotatable bonds is 0. The van der Waals surface area contributed by atoms with Gasteiger partial charge in [-0.1, -0.05) is 25.6 Å². The molecule has 1 heterocycles. The van der Waals surface area contributed by atoms with Crippen LogP contribution in [0.5, 0.6) is 0 Å². The van der Waals surface area contributed by atoms with Crippen molar-refractivity contribution in [3.8, 4) is 0 Å². The molecule has 0 aromatic carbocycles. The first-order valence-corrected chi connectivity index (χ1v) is 4.96. The van der Waals surface area contributed by atoms with E-state index in [-0.39, 0.29) is 12.1 Å². The summed E-state index contributed by atoms with van der Waals surface area (Å²) in [5.74, 6) is 0. The van der Waals surface area contributed by atoms with E-state index in [4.69, 9.17) is 0 Å². The molecule has 0 saturated carbocycles. The van der Waals surface area contributed by atoms with Gasteiger partial charge in [0.05, 0.1) is 0 Å². The molecule has 0 spiro atoms. The van der Waals surface area contributed by atoms with Crippen LogP contribution < -0.4 is 9.44 Å². The van der Waals surface area contributed by atoms with Gasteiger partial charge in [-0.15, -0.1) is 0 Å². The Hall–Kier alpha value is -0.760. The molecule has 6 nitrogen and oxygen atoms in total. The molecule has 4 amide bonds. The minimum absolute atomic E-state index is 0.237. The van der Waals surface area contributed by atoms with Gasteiger partial charge in [-0.3, -0.25) is 9.44 Å². The highest BCUT2D eigenvalue weighted by atomic mass is 32.1. The predicted molar refractivity (Wildman–Crippen MR) is 58.2 cm³/mol. The van der Waals surface area contributed by atoms with E-state index >= 15 is 0 Å². The van der Waals surface area contributed by atoms with E-state index in [0.717, 1.165) is 0 Å². The van der Waals surface area contributed by atoms with Gasteiger partial charge in [-0.25, -0.2) is 9.59 Å². The van der Waals surface area contributed by atoms with Crippen LogP contribution in [0.15, 0.2) is 0 Å². The molecular weight excluding hydrogens is 224 g/mol. The summed E-state index contributed by atoms with van der Waals surface area (Å²) < 4.78 is 4.48. The van der Waals surface area contributed by atoms with Crippen molar-refractivity contribution in [1.82, 2.24) is 19.2 Å². The van der Waals surface area contributed by atoms with Gasteiger partial charge in [0, 0.05) is 26.2 Å². The summed E-state index contributed by atoms with van der Waals surface area (Å²) in [5, 5.41) is 0. The topological polar surface area (TPSA) is 64.7 Å². The zero-order chi connectivity index (χ0) is 10.6. The van der Waals surface area contributed by atoms with Crippen LogP contribution in [0, 0.1) is 0 Å². The van der Waals surface area contributed by atoms with E-state index in [9.17, 15) is 9.59 Å². The summed E-state index contributed by atoms with van der Waals surface area (Å²) in [6.45, 7) is 2.03. The Morgan fingerprint density at radius 1 is 0.857 bits per heavy atom. The summed E-state index contributed by atoms with van der Waals surface area (Å²) in [6.07, 6.45) is 0. The lowest BCUT2D eigenvalue weighted by molar-refractivity contribution is 0.149. The smallest absolute Gasteiger partial charge is 0.321 e. The summed E-state index contributed by atoms with van der Waals surface area (Å²) >= 11 is 7.32. The molecule has 1 aliphatic heterocycles. The van der Waals surface area contributed by atoms with Crippen molar-refractivity contribution in [3.63, 3.8) is 0 Å². The molecule has 1 rings (SSSR count). The molecule has 14 heavy (non-hydrogen) atoms. The van der Waals surface area contributed by atoms with Crippen LogP contribution in [-0.4, -0.2) is 48.0 Å². The van der Waals surface area contributed by atoms with E-state index in [2.05, 4.69) is 35.1 Å². The number of thiol groups is 2. The molecule has 0 atom stereocenters. The number of carbonyl (C=O) groups excluding carboxylic acids is 2. The summed E-state index contributed by atoms with van der Waals surface area (Å²) in [6, 6.07) is -0.474. The maximum absolute atomic E-state index is 11.1. The Labute approximate surface area is 93.1 Å². The monoisotopic (exact) mass is 236 g/mol. The molecule has 1 fully saturated rings. The van der Waals surface area contributed by atoms with Crippen molar-refractivity contribution in [2.75, 3.05) is 26.2 Å². The molecular formula is C6H12N4O2S2. The first-order chi connectivity index (χ1) is 6.69. The third-order valence-corrected chi connectivity index (χ3v) is 2.43. The lowest BCUT2D eigenvalue weighted by Gasteiger charge is -2.33. The van der Waals surface area contributed by atoms with Crippen LogP contribution in [0.25, 0.3) is 0 Å². The van der Waals surface area contributed by atoms with Crippen molar-refractivity contribution < 1.29 is 9.59 Å². The minimum atomic E-state index is -0.237. The maximum Gasteiger partial charge on any atom is 0.327 e.